The highest BCUT2D eigenvalue weighted by Crippen LogP contribution is 2.28. The van der Waals surface area contributed by atoms with Gasteiger partial charge in [-0.2, -0.15) is 0 Å². The number of nitrogens with one attached hydrogen (secondary N) is 3. The Kier molecular flexibility index (Phi) is 11.2. The lowest BCUT2D eigenvalue weighted by Crippen LogP contribution is -2.43. The second-order valence-corrected chi connectivity index (χ2v) is 9.85. The minimum atomic E-state index is -0.439. The Morgan fingerprint density at radius 1 is 1.10 bits per heavy atom. The van der Waals surface area contributed by atoms with E-state index < -0.39 is 12.0 Å². The molecule has 39 heavy (non-hydrogen) atoms. The first-order valence-corrected chi connectivity index (χ1v) is 13.3. The van der Waals surface area contributed by atoms with Crippen LogP contribution in [0.3, 0.4) is 0 Å². The summed E-state index contributed by atoms with van der Waals surface area (Å²) in [6.07, 6.45) is 1.42. The van der Waals surface area contributed by atoms with Gasteiger partial charge in [0.05, 0.1) is 13.2 Å². The van der Waals surface area contributed by atoms with Crippen LogP contribution < -0.4 is 20.9 Å². The third-order valence-corrected chi connectivity index (χ3v) is 5.83. The molecule has 2 aliphatic heterocycles. The second kappa shape index (κ2) is 14.5. The highest BCUT2D eigenvalue weighted by Gasteiger charge is 2.27. The number of anilines is 1. The normalized spacial score (nSPS) is 17.0. The van der Waals surface area contributed by atoms with Gasteiger partial charge in [-0.1, -0.05) is 46.5 Å². The van der Waals surface area contributed by atoms with Crippen molar-refractivity contribution < 1.29 is 23.5 Å². The SMILES string of the molecule is CC.CC(C)(C)C1=CC(NC(=O)Nc2ccc(C#Cc3ccc(OCCN4CCOCC4)c(F)c3)cc2)NO1. The molecule has 9 heteroatoms. The molecule has 8 nitrogen and oxygen atoms in total. The van der Waals surface area contributed by atoms with Crippen molar-refractivity contribution in [3.8, 4) is 17.6 Å². The van der Waals surface area contributed by atoms with Gasteiger partial charge in [-0.3, -0.25) is 4.90 Å². The number of benzene rings is 2. The Morgan fingerprint density at radius 3 is 2.41 bits per heavy atom. The van der Waals surface area contributed by atoms with Crippen LogP contribution in [0.25, 0.3) is 0 Å². The van der Waals surface area contributed by atoms with Crippen molar-refractivity contribution in [1.82, 2.24) is 15.7 Å². The van der Waals surface area contributed by atoms with Crippen molar-refractivity contribution in [2.75, 3.05) is 44.8 Å². The van der Waals surface area contributed by atoms with Gasteiger partial charge in [0.25, 0.3) is 0 Å². The van der Waals surface area contributed by atoms with E-state index in [1.807, 2.05) is 40.7 Å². The van der Waals surface area contributed by atoms with E-state index >= 15 is 0 Å². The zero-order valence-corrected chi connectivity index (χ0v) is 23.4. The van der Waals surface area contributed by atoms with Gasteiger partial charge >= 0.3 is 6.03 Å². The van der Waals surface area contributed by atoms with E-state index in [2.05, 4.69) is 32.9 Å². The number of hydrogen-bond acceptors (Lipinski definition) is 6. The molecule has 0 bridgehead atoms. The number of hydroxylamine groups is 1. The molecule has 1 fully saturated rings. The summed E-state index contributed by atoms with van der Waals surface area (Å²) in [4.78, 5) is 20.0. The maximum Gasteiger partial charge on any atom is 0.320 e. The van der Waals surface area contributed by atoms with Crippen molar-refractivity contribution in [3.63, 3.8) is 0 Å². The first-order valence-electron chi connectivity index (χ1n) is 13.3. The van der Waals surface area contributed by atoms with Crippen LogP contribution in [-0.2, 0) is 9.57 Å². The predicted octanol–water partition coefficient (Wildman–Crippen LogP) is 4.88. The van der Waals surface area contributed by atoms with Crippen LogP contribution in [0.5, 0.6) is 5.75 Å². The number of ether oxygens (including phenoxy) is 2. The average molecular weight is 539 g/mol. The molecule has 2 aliphatic rings. The van der Waals surface area contributed by atoms with Crippen molar-refractivity contribution in [2.24, 2.45) is 5.41 Å². The van der Waals surface area contributed by atoms with Crippen LogP contribution in [0.4, 0.5) is 14.9 Å². The summed E-state index contributed by atoms with van der Waals surface area (Å²) in [7, 11) is 0. The molecule has 0 aromatic heterocycles. The fourth-order valence-electron chi connectivity index (χ4n) is 3.72. The van der Waals surface area contributed by atoms with Crippen LogP contribution in [0.15, 0.2) is 54.3 Å². The standard InChI is InChI=1S/C28H33FN4O4.C2H6/c1-28(2,3)25-19-26(32-37-25)31-27(34)30-22-9-6-20(7-10-22)4-5-21-8-11-24(23(29)18-21)36-17-14-33-12-15-35-16-13-33;1-2/h6-11,18-19,26,32H,12-17H2,1-3H3,(H2,30,31,34);1-2H3. The Hall–Kier alpha value is -3.58. The number of carbonyl (C=O) groups excluding carboxylic acids is 1. The largest absolute Gasteiger partial charge is 0.489 e. The van der Waals surface area contributed by atoms with Gasteiger partial charge in [0.1, 0.15) is 18.5 Å². The van der Waals surface area contributed by atoms with E-state index in [1.54, 1.807) is 36.4 Å². The Labute approximate surface area is 230 Å². The number of nitrogens with zero attached hydrogens (tertiary/aromatic N) is 1. The summed E-state index contributed by atoms with van der Waals surface area (Å²) in [6, 6.07) is 11.4. The molecule has 0 spiro atoms. The first-order chi connectivity index (χ1) is 18.8. The molecule has 2 amide bonds. The Balaban J connectivity index is 0.00000205. The lowest BCUT2D eigenvalue weighted by molar-refractivity contribution is 0.0320. The third kappa shape index (κ3) is 9.59. The van der Waals surface area contributed by atoms with Gasteiger partial charge in [-0.25, -0.2) is 9.18 Å². The smallest absolute Gasteiger partial charge is 0.320 e. The number of amides is 2. The fourth-order valence-corrected chi connectivity index (χ4v) is 3.72. The Bertz CT molecular complexity index is 1180. The van der Waals surface area contributed by atoms with Gasteiger partial charge < -0.3 is 24.9 Å². The number of halogens is 1. The fraction of sp³-hybridized carbons (Fsp3) is 0.433. The number of morpholine rings is 1. The highest BCUT2D eigenvalue weighted by atomic mass is 19.1. The molecule has 3 N–H and O–H groups in total. The molecule has 4 rings (SSSR count). The number of carbonyl (C=O) groups is 1. The van der Waals surface area contributed by atoms with Crippen LogP contribution in [-0.4, -0.2) is 56.6 Å². The summed E-state index contributed by atoms with van der Waals surface area (Å²) in [5, 5.41) is 5.57. The topological polar surface area (TPSA) is 84.1 Å². The molecule has 2 heterocycles. The van der Waals surface area contributed by atoms with E-state index in [4.69, 9.17) is 14.3 Å². The maximum atomic E-state index is 14.5. The quantitative estimate of drug-likeness (QED) is 0.455. The summed E-state index contributed by atoms with van der Waals surface area (Å²) >= 11 is 0. The molecule has 0 aliphatic carbocycles. The van der Waals surface area contributed by atoms with Crippen molar-refractivity contribution in [3.05, 3.63) is 71.2 Å². The van der Waals surface area contributed by atoms with E-state index in [-0.39, 0.29) is 17.2 Å². The molecule has 2 aromatic rings. The lowest BCUT2D eigenvalue weighted by atomic mass is 9.94. The predicted molar refractivity (Wildman–Crippen MR) is 151 cm³/mol. The van der Waals surface area contributed by atoms with Gasteiger partial charge in [0.2, 0.25) is 0 Å². The summed E-state index contributed by atoms with van der Waals surface area (Å²) in [6.45, 7) is 14.4. The molecule has 1 atom stereocenters. The van der Waals surface area contributed by atoms with Gasteiger partial charge in [-0.15, -0.1) is 5.48 Å². The van der Waals surface area contributed by atoms with E-state index in [9.17, 15) is 9.18 Å². The van der Waals surface area contributed by atoms with Crippen molar-refractivity contribution in [1.29, 1.82) is 0 Å². The summed E-state index contributed by atoms with van der Waals surface area (Å²) < 4.78 is 25.4. The monoisotopic (exact) mass is 538 g/mol. The van der Waals surface area contributed by atoms with Crippen LogP contribution in [0.1, 0.15) is 45.7 Å². The van der Waals surface area contributed by atoms with E-state index in [0.29, 0.717) is 17.9 Å². The molecule has 0 radical (unpaired) electrons. The molecular weight excluding hydrogens is 499 g/mol. The zero-order chi connectivity index (χ0) is 28.3. The number of rotatable bonds is 6. The maximum absolute atomic E-state index is 14.5. The van der Waals surface area contributed by atoms with Crippen molar-refractivity contribution in [2.45, 2.75) is 40.8 Å². The molecule has 1 unspecified atom stereocenters. The molecule has 2 aromatic carbocycles. The first kappa shape index (κ1) is 30.0. The summed E-state index contributed by atoms with van der Waals surface area (Å²) in [5.74, 6) is 6.53. The minimum absolute atomic E-state index is 0.151. The molecular formula is C30H39FN4O4. The highest BCUT2D eigenvalue weighted by molar-refractivity contribution is 5.89. The molecule has 210 valence electrons. The Morgan fingerprint density at radius 2 is 1.77 bits per heavy atom. The number of urea groups is 1. The molecule has 1 saturated heterocycles. The minimum Gasteiger partial charge on any atom is -0.489 e. The second-order valence-electron chi connectivity index (χ2n) is 9.85. The van der Waals surface area contributed by atoms with Crippen LogP contribution in [0.2, 0.25) is 0 Å². The van der Waals surface area contributed by atoms with Gasteiger partial charge in [-0.05, 0) is 48.5 Å². The average Bonchev–Trinajstić information content (AvgIpc) is 3.40. The number of allylic oxidation sites excluding steroid dienone is 1. The van der Waals surface area contributed by atoms with Gasteiger partial charge in [0, 0.05) is 41.9 Å². The van der Waals surface area contributed by atoms with Gasteiger partial charge in [0.15, 0.2) is 11.6 Å². The van der Waals surface area contributed by atoms with Crippen LogP contribution in [0, 0.1) is 23.1 Å². The van der Waals surface area contributed by atoms with Crippen molar-refractivity contribution >= 4 is 11.7 Å². The third-order valence-electron chi connectivity index (χ3n) is 5.83. The zero-order valence-electron chi connectivity index (χ0n) is 23.4. The van der Waals surface area contributed by atoms with Crippen LogP contribution >= 0.6 is 0 Å². The van der Waals surface area contributed by atoms with E-state index in [0.717, 1.165) is 44.2 Å². The lowest BCUT2D eigenvalue weighted by Gasteiger charge is -2.26. The molecule has 0 saturated carbocycles. The number of hydrogen-bond donors (Lipinski definition) is 3. The summed E-state index contributed by atoms with van der Waals surface area (Å²) in [5.41, 5.74) is 4.53. The van der Waals surface area contributed by atoms with E-state index in [1.165, 1.54) is 6.07 Å².